The molecular formula is C19H26N2O2. The summed E-state index contributed by atoms with van der Waals surface area (Å²) in [5, 5.41) is 4.73. The van der Waals surface area contributed by atoms with Gasteiger partial charge in [0.15, 0.2) is 0 Å². The lowest BCUT2D eigenvalue weighted by Gasteiger charge is -2.46. The summed E-state index contributed by atoms with van der Waals surface area (Å²) in [6.45, 7) is 8.91. The van der Waals surface area contributed by atoms with E-state index in [1.807, 2.05) is 30.3 Å². The maximum Gasteiger partial charge on any atom is 0.214 e. The van der Waals surface area contributed by atoms with Crippen LogP contribution in [-0.2, 0) is 0 Å². The van der Waals surface area contributed by atoms with Crippen molar-refractivity contribution >= 4 is 10.9 Å². The molecule has 0 amide bonds. The monoisotopic (exact) mass is 314 g/mol. The van der Waals surface area contributed by atoms with E-state index >= 15 is 0 Å². The fraction of sp³-hybridized carbons (Fsp3) is 0.526. The van der Waals surface area contributed by atoms with E-state index < -0.39 is 0 Å². The summed E-state index contributed by atoms with van der Waals surface area (Å²) in [4.78, 5) is 4.64. The van der Waals surface area contributed by atoms with Gasteiger partial charge in [-0.15, -0.1) is 0 Å². The summed E-state index contributed by atoms with van der Waals surface area (Å²) in [6, 6.07) is 9.87. The van der Waals surface area contributed by atoms with E-state index in [0.29, 0.717) is 5.88 Å². The van der Waals surface area contributed by atoms with E-state index in [0.717, 1.165) is 29.5 Å². The maximum atomic E-state index is 6.21. The van der Waals surface area contributed by atoms with Crippen molar-refractivity contribution in [2.24, 2.45) is 0 Å². The highest BCUT2D eigenvalue weighted by molar-refractivity contribution is 5.80. The first-order valence-electron chi connectivity index (χ1n) is 8.17. The van der Waals surface area contributed by atoms with Crippen molar-refractivity contribution < 1.29 is 9.47 Å². The molecule has 0 unspecified atom stereocenters. The molecule has 0 aliphatic carbocycles. The molecule has 1 saturated heterocycles. The van der Waals surface area contributed by atoms with Gasteiger partial charge in [0, 0.05) is 35.4 Å². The van der Waals surface area contributed by atoms with E-state index in [-0.39, 0.29) is 17.2 Å². The van der Waals surface area contributed by atoms with Crippen molar-refractivity contribution in [1.29, 1.82) is 0 Å². The second kappa shape index (κ2) is 5.68. The fourth-order valence-electron chi connectivity index (χ4n) is 3.76. The SMILES string of the molecule is COc1ccc2nc(OC3CC(C)(C)NC(C)(C)C3)ccc2c1. The number of nitrogens with one attached hydrogen (secondary N) is 1. The predicted octanol–water partition coefficient (Wildman–Crippen LogP) is 3.93. The normalized spacial score (nSPS) is 20.4. The van der Waals surface area contributed by atoms with Crippen LogP contribution >= 0.6 is 0 Å². The average molecular weight is 314 g/mol. The van der Waals surface area contributed by atoms with Crippen molar-refractivity contribution in [1.82, 2.24) is 10.3 Å². The van der Waals surface area contributed by atoms with E-state index in [2.05, 4.69) is 38.0 Å². The molecule has 3 rings (SSSR count). The number of aromatic nitrogens is 1. The lowest BCUT2D eigenvalue weighted by molar-refractivity contribution is 0.0532. The van der Waals surface area contributed by atoms with E-state index in [1.54, 1.807) is 7.11 Å². The van der Waals surface area contributed by atoms with Crippen LogP contribution in [0.3, 0.4) is 0 Å². The molecule has 1 aromatic carbocycles. The molecule has 23 heavy (non-hydrogen) atoms. The number of nitrogens with zero attached hydrogens (tertiary/aromatic N) is 1. The number of piperidine rings is 1. The third-order valence-corrected chi connectivity index (χ3v) is 4.31. The third-order valence-electron chi connectivity index (χ3n) is 4.31. The highest BCUT2D eigenvalue weighted by atomic mass is 16.5. The number of ether oxygens (including phenoxy) is 2. The molecule has 4 heteroatoms. The van der Waals surface area contributed by atoms with Gasteiger partial charge in [-0.1, -0.05) is 0 Å². The lowest BCUT2D eigenvalue weighted by Crippen LogP contribution is -2.60. The Morgan fingerprint density at radius 3 is 2.39 bits per heavy atom. The van der Waals surface area contributed by atoms with Crippen LogP contribution in [0.2, 0.25) is 0 Å². The van der Waals surface area contributed by atoms with Gasteiger partial charge >= 0.3 is 0 Å². The van der Waals surface area contributed by atoms with Crippen LogP contribution in [0.15, 0.2) is 30.3 Å². The summed E-state index contributed by atoms with van der Waals surface area (Å²) in [5.41, 5.74) is 1.06. The number of methoxy groups -OCH3 is 1. The Morgan fingerprint density at radius 2 is 1.74 bits per heavy atom. The van der Waals surface area contributed by atoms with Gasteiger partial charge in [-0.25, -0.2) is 4.98 Å². The highest BCUT2D eigenvalue weighted by Gasteiger charge is 2.38. The molecular weight excluding hydrogens is 288 g/mol. The van der Waals surface area contributed by atoms with Crippen LogP contribution < -0.4 is 14.8 Å². The summed E-state index contributed by atoms with van der Waals surface area (Å²) in [6.07, 6.45) is 2.11. The number of hydrogen-bond donors (Lipinski definition) is 1. The quantitative estimate of drug-likeness (QED) is 0.932. The number of fused-ring (bicyclic) bond motifs is 1. The van der Waals surface area contributed by atoms with Crippen LogP contribution in [0.5, 0.6) is 11.6 Å². The molecule has 0 atom stereocenters. The minimum atomic E-state index is 0.0661. The van der Waals surface area contributed by atoms with Crippen molar-refractivity contribution in [3.8, 4) is 11.6 Å². The Kier molecular flexibility index (Phi) is 3.96. The van der Waals surface area contributed by atoms with Crippen molar-refractivity contribution in [2.75, 3.05) is 7.11 Å². The second-order valence-corrected chi connectivity index (χ2v) is 7.75. The molecule has 0 bridgehead atoms. The number of rotatable bonds is 3. The molecule has 0 saturated carbocycles. The molecule has 1 N–H and O–H groups in total. The first-order valence-corrected chi connectivity index (χ1v) is 8.17. The van der Waals surface area contributed by atoms with Gasteiger partial charge in [-0.05, 0) is 52.0 Å². The first-order chi connectivity index (χ1) is 10.8. The zero-order valence-electron chi connectivity index (χ0n) is 14.6. The Bertz CT molecular complexity index is 694. The van der Waals surface area contributed by atoms with Crippen LogP contribution in [0.4, 0.5) is 0 Å². The summed E-state index contributed by atoms with van der Waals surface area (Å²) < 4.78 is 11.5. The lowest BCUT2D eigenvalue weighted by atomic mass is 9.81. The van der Waals surface area contributed by atoms with Crippen molar-refractivity contribution in [3.05, 3.63) is 30.3 Å². The zero-order valence-corrected chi connectivity index (χ0v) is 14.6. The van der Waals surface area contributed by atoms with Gasteiger partial charge in [-0.2, -0.15) is 0 Å². The van der Waals surface area contributed by atoms with Crippen LogP contribution in [-0.4, -0.2) is 29.3 Å². The Labute approximate surface area is 138 Å². The number of hydrogen-bond acceptors (Lipinski definition) is 4. The highest BCUT2D eigenvalue weighted by Crippen LogP contribution is 2.31. The zero-order chi connectivity index (χ0) is 16.7. The fourth-order valence-corrected chi connectivity index (χ4v) is 3.76. The number of pyridine rings is 1. The molecule has 0 radical (unpaired) electrons. The summed E-state index contributed by atoms with van der Waals surface area (Å²) >= 11 is 0. The van der Waals surface area contributed by atoms with Gasteiger partial charge in [0.25, 0.3) is 0 Å². The molecule has 4 nitrogen and oxygen atoms in total. The van der Waals surface area contributed by atoms with Gasteiger partial charge in [0.05, 0.1) is 12.6 Å². The third kappa shape index (κ3) is 3.75. The summed E-state index contributed by atoms with van der Waals surface area (Å²) in [7, 11) is 1.67. The Hall–Kier alpha value is -1.81. The topological polar surface area (TPSA) is 43.4 Å². The van der Waals surface area contributed by atoms with Gasteiger partial charge < -0.3 is 14.8 Å². The first kappa shape index (κ1) is 16.1. The molecule has 0 spiro atoms. The molecule has 1 aromatic heterocycles. The predicted molar refractivity (Wildman–Crippen MR) is 93.2 cm³/mol. The van der Waals surface area contributed by atoms with Gasteiger partial charge in [0.2, 0.25) is 5.88 Å². The molecule has 124 valence electrons. The minimum absolute atomic E-state index is 0.0661. The van der Waals surface area contributed by atoms with Crippen LogP contribution in [0, 0.1) is 0 Å². The smallest absolute Gasteiger partial charge is 0.214 e. The van der Waals surface area contributed by atoms with Gasteiger partial charge in [-0.3, -0.25) is 0 Å². The molecule has 1 fully saturated rings. The molecule has 2 heterocycles. The molecule has 1 aliphatic rings. The second-order valence-electron chi connectivity index (χ2n) is 7.75. The largest absolute Gasteiger partial charge is 0.497 e. The number of benzene rings is 1. The maximum absolute atomic E-state index is 6.21. The molecule has 1 aliphatic heterocycles. The van der Waals surface area contributed by atoms with Crippen LogP contribution in [0.1, 0.15) is 40.5 Å². The Morgan fingerprint density at radius 1 is 1.04 bits per heavy atom. The summed E-state index contributed by atoms with van der Waals surface area (Å²) in [5.74, 6) is 1.54. The van der Waals surface area contributed by atoms with E-state index in [1.165, 1.54) is 0 Å². The Balaban J connectivity index is 1.81. The average Bonchev–Trinajstić information content (AvgIpc) is 2.43. The van der Waals surface area contributed by atoms with Crippen LogP contribution in [0.25, 0.3) is 10.9 Å². The van der Waals surface area contributed by atoms with Gasteiger partial charge in [0.1, 0.15) is 11.9 Å². The van der Waals surface area contributed by atoms with E-state index in [4.69, 9.17) is 9.47 Å². The standard InChI is InChI=1S/C19H26N2O2/c1-18(2)11-15(12-19(3,4)21-18)23-17-9-6-13-10-14(22-5)7-8-16(13)20-17/h6-10,15,21H,11-12H2,1-5H3. The van der Waals surface area contributed by atoms with Crippen molar-refractivity contribution in [2.45, 2.75) is 57.7 Å². The van der Waals surface area contributed by atoms with Crippen molar-refractivity contribution in [3.63, 3.8) is 0 Å². The minimum Gasteiger partial charge on any atom is -0.497 e. The van der Waals surface area contributed by atoms with E-state index in [9.17, 15) is 0 Å². The molecule has 2 aromatic rings.